The fourth-order valence-corrected chi connectivity index (χ4v) is 3.35. The summed E-state index contributed by atoms with van der Waals surface area (Å²) >= 11 is 6.82. The molecule has 0 fully saturated rings. The SMILES string of the molecule is FC(F)(F)c1cccc(C(Cl)(c2ccccc2)c2cccc(C(F)(F)F)c2)c1. The van der Waals surface area contributed by atoms with Gasteiger partial charge in [-0.1, -0.05) is 54.6 Å². The molecule has 0 unspecified atom stereocenters. The van der Waals surface area contributed by atoms with Crippen LogP contribution in [0.25, 0.3) is 0 Å². The Morgan fingerprint density at radius 1 is 0.464 bits per heavy atom. The van der Waals surface area contributed by atoms with Gasteiger partial charge in [0, 0.05) is 0 Å². The topological polar surface area (TPSA) is 0 Å². The fourth-order valence-electron chi connectivity index (χ4n) is 2.99. The minimum absolute atomic E-state index is 0.0227. The summed E-state index contributed by atoms with van der Waals surface area (Å²) in [6.45, 7) is 0. The molecule has 0 nitrogen and oxygen atoms in total. The predicted octanol–water partition coefficient (Wildman–Crippen LogP) is 7.25. The van der Waals surface area contributed by atoms with Gasteiger partial charge in [-0.05, 0) is 41.0 Å². The zero-order chi connectivity index (χ0) is 20.6. The van der Waals surface area contributed by atoms with E-state index in [0.717, 1.165) is 24.3 Å². The van der Waals surface area contributed by atoms with E-state index >= 15 is 0 Å². The smallest absolute Gasteiger partial charge is 0.166 e. The normalized spacial score (nSPS) is 12.8. The first-order valence-corrected chi connectivity index (χ1v) is 8.50. The second-order valence-corrected chi connectivity index (χ2v) is 6.75. The Morgan fingerprint density at radius 2 is 0.821 bits per heavy atom. The Bertz CT molecular complexity index is 903. The van der Waals surface area contributed by atoms with Gasteiger partial charge in [0.25, 0.3) is 0 Å². The zero-order valence-corrected chi connectivity index (χ0v) is 14.9. The highest BCUT2D eigenvalue weighted by atomic mass is 35.5. The van der Waals surface area contributed by atoms with Crippen LogP contribution in [0.2, 0.25) is 0 Å². The van der Waals surface area contributed by atoms with Crippen molar-refractivity contribution in [3.05, 3.63) is 107 Å². The molecular weight excluding hydrogens is 402 g/mol. The third-order valence-corrected chi connectivity index (χ3v) is 5.00. The molecule has 0 heterocycles. The van der Waals surface area contributed by atoms with Crippen LogP contribution in [0.5, 0.6) is 0 Å². The van der Waals surface area contributed by atoms with Crippen molar-refractivity contribution in [2.45, 2.75) is 17.2 Å². The molecule has 0 saturated heterocycles. The lowest BCUT2D eigenvalue weighted by molar-refractivity contribution is -0.138. The van der Waals surface area contributed by atoms with Crippen molar-refractivity contribution in [3.8, 4) is 0 Å². The van der Waals surface area contributed by atoms with Crippen LogP contribution in [-0.2, 0) is 17.2 Å². The minimum atomic E-state index is -4.61. The lowest BCUT2D eigenvalue weighted by Gasteiger charge is -2.30. The summed E-state index contributed by atoms with van der Waals surface area (Å²) in [5, 5.41) is 0. The quantitative estimate of drug-likeness (QED) is 0.240. The van der Waals surface area contributed by atoms with Crippen molar-refractivity contribution in [3.63, 3.8) is 0 Å². The molecule has 7 heteroatoms. The summed E-state index contributed by atoms with van der Waals surface area (Å²) in [5.74, 6) is 0. The van der Waals surface area contributed by atoms with Crippen LogP contribution in [0.3, 0.4) is 0 Å². The molecule has 3 aromatic carbocycles. The van der Waals surface area contributed by atoms with E-state index in [0.29, 0.717) is 5.56 Å². The van der Waals surface area contributed by atoms with Crippen LogP contribution in [0.1, 0.15) is 27.8 Å². The van der Waals surface area contributed by atoms with Crippen LogP contribution in [0.15, 0.2) is 78.9 Å². The number of benzene rings is 3. The molecule has 0 atom stereocenters. The van der Waals surface area contributed by atoms with E-state index in [1.54, 1.807) is 30.3 Å². The van der Waals surface area contributed by atoms with E-state index in [-0.39, 0.29) is 11.1 Å². The molecular formula is C21H13ClF6. The third-order valence-electron chi connectivity index (χ3n) is 4.35. The molecule has 0 radical (unpaired) electrons. The Kier molecular flexibility index (Phi) is 5.19. The minimum Gasteiger partial charge on any atom is -0.166 e. The molecule has 0 aromatic heterocycles. The van der Waals surface area contributed by atoms with Gasteiger partial charge >= 0.3 is 12.4 Å². The second-order valence-electron chi connectivity index (χ2n) is 6.18. The van der Waals surface area contributed by atoms with Crippen molar-refractivity contribution < 1.29 is 26.3 Å². The molecule has 3 rings (SSSR count). The molecule has 0 amide bonds. The van der Waals surface area contributed by atoms with Gasteiger partial charge in [-0.3, -0.25) is 0 Å². The molecule has 3 aromatic rings. The molecule has 0 aliphatic carbocycles. The maximum Gasteiger partial charge on any atom is 0.416 e. The molecule has 0 aliphatic heterocycles. The van der Waals surface area contributed by atoms with Crippen molar-refractivity contribution in [1.82, 2.24) is 0 Å². The second kappa shape index (κ2) is 7.17. The summed E-state index contributed by atoms with van der Waals surface area (Å²) in [6, 6.07) is 16.7. The highest BCUT2D eigenvalue weighted by Gasteiger charge is 2.39. The van der Waals surface area contributed by atoms with Gasteiger partial charge < -0.3 is 0 Å². The molecule has 146 valence electrons. The summed E-state index contributed by atoms with van der Waals surface area (Å²) in [6.07, 6.45) is -9.23. The Labute approximate surface area is 162 Å². The van der Waals surface area contributed by atoms with Crippen LogP contribution in [-0.4, -0.2) is 0 Å². The molecule has 0 N–H and O–H groups in total. The monoisotopic (exact) mass is 414 g/mol. The summed E-state index contributed by atoms with van der Waals surface area (Å²) in [7, 11) is 0. The lowest BCUT2D eigenvalue weighted by Crippen LogP contribution is -2.24. The molecule has 0 bridgehead atoms. The third kappa shape index (κ3) is 3.87. The Morgan fingerprint density at radius 3 is 1.21 bits per heavy atom. The number of hydrogen-bond acceptors (Lipinski definition) is 0. The molecule has 0 saturated carbocycles. The number of alkyl halides is 7. The maximum atomic E-state index is 13.2. The van der Waals surface area contributed by atoms with Gasteiger partial charge in [-0.15, -0.1) is 11.6 Å². The first-order chi connectivity index (χ1) is 13.0. The van der Waals surface area contributed by atoms with Gasteiger partial charge in [-0.25, -0.2) is 0 Å². The van der Waals surface area contributed by atoms with E-state index in [1.807, 2.05) is 0 Å². The van der Waals surface area contributed by atoms with Gasteiger partial charge in [0.05, 0.1) is 11.1 Å². The fraction of sp³-hybridized carbons (Fsp3) is 0.143. The van der Waals surface area contributed by atoms with Crippen LogP contribution < -0.4 is 0 Å². The number of halogens is 7. The molecule has 28 heavy (non-hydrogen) atoms. The maximum absolute atomic E-state index is 13.2. The predicted molar refractivity (Wildman–Crippen MR) is 95.1 cm³/mol. The Hall–Kier alpha value is -2.47. The summed E-state index contributed by atoms with van der Waals surface area (Å²) in [5.41, 5.74) is -1.46. The summed E-state index contributed by atoms with van der Waals surface area (Å²) < 4.78 is 79.1. The van der Waals surface area contributed by atoms with E-state index in [1.165, 1.54) is 24.3 Å². The van der Waals surface area contributed by atoms with Gasteiger partial charge in [0.2, 0.25) is 0 Å². The van der Waals surface area contributed by atoms with Crippen LogP contribution in [0, 0.1) is 0 Å². The average Bonchev–Trinajstić information content (AvgIpc) is 2.67. The van der Waals surface area contributed by atoms with Crippen molar-refractivity contribution in [1.29, 1.82) is 0 Å². The van der Waals surface area contributed by atoms with Crippen molar-refractivity contribution >= 4 is 11.6 Å². The standard InChI is InChI=1S/C21H13ClF6/c22-19(14-6-2-1-3-7-14,15-8-4-10-17(12-15)20(23,24)25)16-9-5-11-18(13-16)21(26,27)28/h1-13H. The van der Waals surface area contributed by atoms with Crippen molar-refractivity contribution in [2.24, 2.45) is 0 Å². The number of hydrogen-bond donors (Lipinski definition) is 0. The first-order valence-electron chi connectivity index (χ1n) is 8.13. The molecule has 0 spiro atoms. The molecule has 0 aliphatic rings. The Balaban J connectivity index is 2.27. The largest absolute Gasteiger partial charge is 0.416 e. The van der Waals surface area contributed by atoms with Gasteiger partial charge in [0.15, 0.2) is 0 Å². The van der Waals surface area contributed by atoms with Crippen LogP contribution in [0.4, 0.5) is 26.3 Å². The van der Waals surface area contributed by atoms with E-state index in [2.05, 4.69) is 0 Å². The van der Waals surface area contributed by atoms with E-state index in [9.17, 15) is 26.3 Å². The summed E-state index contributed by atoms with van der Waals surface area (Å²) in [4.78, 5) is -1.73. The van der Waals surface area contributed by atoms with E-state index < -0.39 is 28.4 Å². The lowest BCUT2D eigenvalue weighted by atomic mass is 9.83. The highest BCUT2D eigenvalue weighted by molar-refractivity contribution is 6.28. The first kappa shape index (κ1) is 20.3. The average molecular weight is 415 g/mol. The number of rotatable bonds is 3. The van der Waals surface area contributed by atoms with Crippen LogP contribution >= 0.6 is 11.6 Å². The van der Waals surface area contributed by atoms with Gasteiger partial charge in [-0.2, -0.15) is 26.3 Å². The van der Waals surface area contributed by atoms with Crippen molar-refractivity contribution in [2.75, 3.05) is 0 Å². The zero-order valence-electron chi connectivity index (χ0n) is 14.2. The van der Waals surface area contributed by atoms with E-state index in [4.69, 9.17) is 11.6 Å². The van der Waals surface area contributed by atoms with Gasteiger partial charge in [0.1, 0.15) is 4.87 Å². The highest BCUT2D eigenvalue weighted by Crippen LogP contribution is 2.45.